The van der Waals surface area contributed by atoms with Crippen LogP contribution in [0.4, 0.5) is 10.1 Å². The molecule has 1 heterocycles. The summed E-state index contributed by atoms with van der Waals surface area (Å²) < 4.78 is 13.2. The molecule has 0 saturated heterocycles. The van der Waals surface area contributed by atoms with E-state index in [0.717, 1.165) is 27.7 Å². The van der Waals surface area contributed by atoms with Gasteiger partial charge in [0.25, 0.3) is 5.91 Å². The molecule has 0 saturated carbocycles. The number of H-pyrrole nitrogens is 1. The number of rotatable bonds is 5. The molecule has 4 rings (SSSR count). The maximum Gasteiger partial charge on any atom is 0.257 e. The van der Waals surface area contributed by atoms with E-state index in [4.69, 9.17) is 11.6 Å². The molecule has 0 fully saturated rings. The van der Waals surface area contributed by atoms with E-state index < -0.39 is 5.82 Å². The fourth-order valence-electron chi connectivity index (χ4n) is 3.39. The molecule has 3 N–H and O–H groups in total. The molecule has 0 aliphatic carbocycles. The molecule has 0 spiro atoms. The Hall–Kier alpha value is -3.64. The average Bonchev–Trinajstić information content (AvgIpc) is 3.20. The lowest BCUT2D eigenvalue weighted by Gasteiger charge is -2.14. The molecule has 162 valence electrons. The predicted molar refractivity (Wildman–Crippen MR) is 128 cm³/mol. The Labute approximate surface area is 190 Å². The molecule has 1 aromatic heterocycles. The number of amides is 1. The zero-order chi connectivity index (χ0) is 22.5. The van der Waals surface area contributed by atoms with E-state index in [9.17, 15) is 9.18 Å². The lowest BCUT2D eigenvalue weighted by molar-refractivity contribution is 0.0977. The highest BCUT2D eigenvalue weighted by Crippen LogP contribution is 2.23. The van der Waals surface area contributed by atoms with E-state index in [2.05, 4.69) is 26.7 Å². The number of nitrogens with one attached hydrogen (secondary N) is 3. The summed E-state index contributed by atoms with van der Waals surface area (Å²) in [7, 11) is 0. The van der Waals surface area contributed by atoms with Crippen LogP contribution >= 0.6 is 11.6 Å². The minimum Gasteiger partial charge on any atom is -0.361 e. The summed E-state index contributed by atoms with van der Waals surface area (Å²) in [6.45, 7) is 2.34. The monoisotopic (exact) mass is 448 g/mol. The Bertz CT molecular complexity index is 1280. The van der Waals surface area contributed by atoms with Crippen molar-refractivity contribution in [1.29, 1.82) is 0 Å². The number of anilines is 1. The van der Waals surface area contributed by atoms with Gasteiger partial charge in [-0.15, -0.1) is 0 Å². The van der Waals surface area contributed by atoms with Crippen LogP contribution in [0, 0.1) is 12.7 Å². The van der Waals surface area contributed by atoms with Crippen LogP contribution in [0.3, 0.4) is 0 Å². The van der Waals surface area contributed by atoms with Crippen LogP contribution in [-0.4, -0.2) is 23.4 Å². The summed E-state index contributed by atoms with van der Waals surface area (Å²) in [5.74, 6) is -0.491. The third kappa shape index (κ3) is 4.98. The quantitative estimate of drug-likeness (QED) is 0.270. The molecule has 0 aliphatic rings. The highest BCUT2D eigenvalue weighted by atomic mass is 35.5. The van der Waals surface area contributed by atoms with E-state index in [-0.39, 0.29) is 5.91 Å². The number of benzene rings is 3. The number of aliphatic imine (C=N–C) groups is 1. The Balaban J connectivity index is 1.55. The fourth-order valence-corrected chi connectivity index (χ4v) is 3.56. The first kappa shape index (κ1) is 21.6. The Morgan fingerprint density at radius 2 is 1.84 bits per heavy atom. The zero-order valence-electron chi connectivity index (χ0n) is 17.5. The van der Waals surface area contributed by atoms with E-state index in [0.29, 0.717) is 29.5 Å². The molecule has 5 nitrogen and oxygen atoms in total. The maximum absolute atomic E-state index is 13.2. The highest BCUT2D eigenvalue weighted by Gasteiger charge is 2.12. The van der Waals surface area contributed by atoms with Gasteiger partial charge in [-0.25, -0.2) is 4.39 Å². The number of fused-ring (bicyclic) bond motifs is 1. The van der Waals surface area contributed by atoms with Crippen molar-refractivity contribution in [1.82, 2.24) is 10.3 Å². The van der Waals surface area contributed by atoms with Crippen LogP contribution < -0.4 is 10.6 Å². The number of hydrogen-bond acceptors (Lipinski definition) is 2. The minimum absolute atomic E-state index is 0.296. The number of aromatic amines is 1. The molecule has 4 aromatic rings. The van der Waals surface area contributed by atoms with Crippen molar-refractivity contribution in [3.63, 3.8) is 0 Å². The molecule has 1 amide bonds. The van der Waals surface area contributed by atoms with Crippen LogP contribution in [0.5, 0.6) is 0 Å². The SMILES string of the molecule is Cc1c(Cl)cccc1NC(=NCCc1c[nH]c2ccccc12)NC(=O)c1ccc(F)cc1. The van der Waals surface area contributed by atoms with Crippen LogP contribution in [0.2, 0.25) is 5.02 Å². The van der Waals surface area contributed by atoms with Gasteiger partial charge in [-0.2, -0.15) is 0 Å². The molecule has 0 radical (unpaired) electrons. The van der Waals surface area contributed by atoms with Gasteiger partial charge in [-0.3, -0.25) is 15.1 Å². The number of para-hydroxylation sites is 1. The number of carbonyl (C=O) groups is 1. The van der Waals surface area contributed by atoms with Crippen molar-refractivity contribution in [2.75, 3.05) is 11.9 Å². The van der Waals surface area contributed by atoms with Crippen molar-refractivity contribution in [3.8, 4) is 0 Å². The smallest absolute Gasteiger partial charge is 0.257 e. The highest BCUT2D eigenvalue weighted by molar-refractivity contribution is 6.31. The third-order valence-electron chi connectivity index (χ3n) is 5.19. The third-order valence-corrected chi connectivity index (χ3v) is 5.59. The van der Waals surface area contributed by atoms with Crippen molar-refractivity contribution in [3.05, 3.63) is 100 Å². The second kappa shape index (κ2) is 9.66. The van der Waals surface area contributed by atoms with E-state index in [1.165, 1.54) is 24.3 Å². The van der Waals surface area contributed by atoms with E-state index in [1.807, 2.05) is 43.5 Å². The molecule has 0 bridgehead atoms. The standard InChI is InChI=1S/C25H22ClFN4O/c1-16-21(26)6-4-8-22(16)30-25(31-24(32)17-9-11-19(27)12-10-17)28-14-13-18-15-29-23-7-3-2-5-20(18)23/h2-12,15,29H,13-14H2,1H3,(H2,28,30,31,32). The largest absolute Gasteiger partial charge is 0.361 e. The maximum atomic E-state index is 13.2. The van der Waals surface area contributed by atoms with Gasteiger partial charge in [0.1, 0.15) is 5.82 Å². The van der Waals surface area contributed by atoms with Gasteiger partial charge in [-0.1, -0.05) is 35.9 Å². The summed E-state index contributed by atoms with van der Waals surface area (Å²) in [6.07, 6.45) is 2.67. The molecule has 0 aliphatic heterocycles. The summed E-state index contributed by atoms with van der Waals surface area (Å²) in [5, 5.41) is 7.72. The molecule has 32 heavy (non-hydrogen) atoms. The first-order chi connectivity index (χ1) is 15.5. The summed E-state index contributed by atoms with van der Waals surface area (Å²) in [6, 6.07) is 18.9. The Morgan fingerprint density at radius 1 is 1.06 bits per heavy atom. The number of carbonyl (C=O) groups excluding carboxylic acids is 1. The number of nitrogens with zero attached hydrogens (tertiary/aromatic N) is 1. The number of halogens is 2. The van der Waals surface area contributed by atoms with Gasteiger partial charge in [-0.05, 0) is 66.9 Å². The predicted octanol–water partition coefficient (Wildman–Crippen LogP) is 5.71. The summed E-state index contributed by atoms with van der Waals surface area (Å²) in [5.41, 5.74) is 4.13. The summed E-state index contributed by atoms with van der Waals surface area (Å²) in [4.78, 5) is 20.5. The Kier molecular flexibility index (Phi) is 6.52. The zero-order valence-corrected chi connectivity index (χ0v) is 18.2. The molecule has 3 aromatic carbocycles. The molecule has 0 atom stereocenters. The van der Waals surface area contributed by atoms with Gasteiger partial charge in [0, 0.05) is 39.9 Å². The van der Waals surface area contributed by atoms with Crippen molar-refractivity contribution < 1.29 is 9.18 Å². The Morgan fingerprint density at radius 3 is 2.66 bits per heavy atom. The van der Waals surface area contributed by atoms with E-state index in [1.54, 1.807) is 6.07 Å². The average molecular weight is 449 g/mol. The fraction of sp³-hybridized carbons (Fsp3) is 0.120. The second-order valence-electron chi connectivity index (χ2n) is 7.34. The minimum atomic E-state index is -0.401. The number of hydrogen-bond donors (Lipinski definition) is 3. The molecular weight excluding hydrogens is 427 g/mol. The van der Waals surface area contributed by atoms with Crippen LogP contribution in [0.1, 0.15) is 21.5 Å². The lowest BCUT2D eigenvalue weighted by Crippen LogP contribution is -2.36. The first-order valence-electron chi connectivity index (χ1n) is 10.2. The van der Waals surface area contributed by atoms with Crippen LogP contribution in [-0.2, 0) is 6.42 Å². The topological polar surface area (TPSA) is 69.3 Å². The first-order valence-corrected chi connectivity index (χ1v) is 10.6. The number of guanidine groups is 1. The normalized spacial score (nSPS) is 11.5. The molecule has 0 unspecified atom stereocenters. The van der Waals surface area contributed by atoms with Crippen molar-refractivity contribution >= 4 is 40.1 Å². The van der Waals surface area contributed by atoms with Crippen LogP contribution in [0.25, 0.3) is 10.9 Å². The van der Waals surface area contributed by atoms with Gasteiger partial charge >= 0.3 is 0 Å². The van der Waals surface area contributed by atoms with Gasteiger partial charge < -0.3 is 10.3 Å². The molecular formula is C25H22ClFN4O. The lowest BCUT2D eigenvalue weighted by atomic mass is 10.1. The van der Waals surface area contributed by atoms with Crippen molar-refractivity contribution in [2.24, 2.45) is 4.99 Å². The van der Waals surface area contributed by atoms with E-state index >= 15 is 0 Å². The summed E-state index contributed by atoms with van der Waals surface area (Å²) >= 11 is 6.23. The van der Waals surface area contributed by atoms with Gasteiger partial charge in [0.15, 0.2) is 0 Å². The van der Waals surface area contributed by atoms with Gasteiger partial charge in [0.05, 0.1) is 0 Å². The van der Waals surface area contributed by atoms with Crippen LogP contribution in [0.15, 0.2) is 77.9 Å². The second-order valence-corrected chi connectivity index (χ2v) is 7.75. The number of aromatic nitrogens is 1. The van der Waals surface area contributed by atoms with Gasteiger partial charge in [0.2, 0.25) is 5.96 Å². The van der Waals surface area contributed by atoms with Crippen molar-refractivity contribution in [2.45, 2.75) is 13.3 Å². The molecule has 7 heteroatoms.